The van der Waals surface area contributed by atoms with Crippen LogP contribution in [0.25, 0.3) is 0 Å². The number of carboxylic acids is 1. The monoisotopic (exact) mass is 322 g/mol. The fourth-order valence-electron chi connectivity index (χ4n) is 2.31. The molecule has 0 amide bonds. The second-order valence-corrected chi connectivity index (χ2v) is 6.76. The highest BCUT2D eigenvalue weighted by molar-refractivity contribution is 7.86. The molecule has 0 aromatic carbocycles. The van der Waals surface area contributed by atoms with Crippen molar-refractivity contribution in [2.24, 2.45) is 0 Å². The molecule has 1 saturated heterocycles. The summed E-state index contributed by atoms with van der Waals surface area (Å²) in [5, 5.41) is 9.20. The lowest BCUT2D eigenvalue weighted by molar-refractivity contribution is -0.142. The van der Waals surface area contributed by atoms with E-state index in [1.165, 1.54) is 7.11 Å². The molecule has 1 fully saturated rings. The van der Waals surface area contributed by atoms with E-state index in [1.807, 2.05) is 0 Å². The summed E-state index contributed by atoms with van der Waals surface area (Å²) >= 11 is 0. The van der Waals surface area contributed by atoms with Gasteiger partial charge in [-0.15, -0.1) is 0 Å². The first-order chi connectivity index (χ1) is 9.84. The number of carbonyl (C=O) groups excluding carboxylic acids is 1. The van der Waals surface area contributed by atoms with Crippen molar-refractivity contribution < 1.29 is 27.9 Å². The third-order valence-corrected chi connectivity index (χ3v) is 5.36. The average Bonchev–Trinajstić information content (AvgIpc) is 2.46. The quantitative estimate of drug-likeness (QED) is 0.664. The van der Waals surface area contributed by atoms with E-state index in [-0.39, 0.29) is 19.5 Å². The summed E-state index contributed by atoms with van der Waals surface area (Å²) in [6, 6.07) is -1.07. The number of carboxylic acid groups (broad SMARTS) is 1. The summed E-state index contributed by atoms with van der Waals surface area (Å²) in [7, 11) is -2.82. The van der Waals surface area contributed by atoms with Crippen molar-refractivity contribution in [3.05, 3.63) is 0 Å². The Hall–Kier alpha value is -1.19. The highest BCUT2D eigenvalue weighted by atomic mass is 32.2. The fourth-order valence-corrected chi connectivity index (χ4v) is 4.17. The molecule has 0 bridgehead atoms. The van der Waals surface area contributed by atoms with Gasteiger partial charge in [-0.25, -0.2) is 0 Å². The lowest BCUT2D eigenvalue weighted by Gasteiger charge is -2.35. The smallest absolute Gasteiger partial charge is 0.322 e. The number of hydrogen-bond acceptors (Lipinski definition) is 5. The molecule has 122 valence electrons. The van der Waals surface area contributed by atoms with E-state index in [9.17, 15) is 23.1 Å². The van der Waals surface area contributed by atoms with Gasteiger partial charge in [0.1, 0.15) is 12.6 Å². The van der Waals surface area contributed by atoms with Crippen LogP contribution >= 0.6 is 0 Å². The van der Waals surface area contributed by atoms with Gasteiger partial charge in [-0.2, -0.15) is 17.0 Å². The van der Waals surface area contributed by atoms with E-state index in [4.69, 9.17) is 0 Å². The van der Waals surface area contributed by atoms with E-state index in [0.29, 0.717) is 19.3 Å². The van der Waals surface area contributed by atoms with Gasteiger partial charge >= 0.3 is 11.9 Å². The van der Waals surface area contributed by atoms with E-state index < -0.39 is 34.7 Å². The van der Waals surface area contributed by atoms with Crippen LogP contribution in [0.5, 0.6) is 0 Å². The summed E-state index contributed by atoms with van der Waals surface area (Å²) in [4.78, 5) is 22.6. The maximum Gasteiger partial charge on any atom is 0.322 e. The van der Waals surface area contributed by atoms with Gasteiger partial charge in [-0.1, -0.05) is 6.92 Å². The van der Waals surface area contributed by atoms with Gasteiger partial charge in [-0.05, 0) is 25.7 Å². The van der Waals surface area contributed by atoms with Crippen LogP contribution in [0.3, 0.4) is 0 Å². The molecular weight excluding hydrogens is 300 g/mol. The Morgan fingerprint density at radius 3 is 2.57 bits per heavy atom. The molecule has 1 rings (SSSR count). The van der Waals surface area contributed by atoms with Crippen LogP contribution < -0.4 is 0 Å². The van der Waals surface area contributed by atoms with E-state index in [0.717, 1.165) is 8.61 Å². The van der Waals surface area contributed by atoms with Gasteiger partial charge in [0.2, 0.25) is 0 Å². The van der Waals surface area contributed by atoms with Gasteiger partial charge in [0, 0.05) is 13.1 Å². The van der Waals surface area contributed by atoms with Crippen LogP contribution in [-0.2, 0) is 24.5 Å². The molecule has 1 atom stereocenters. The predicted octanol–water partition coefficient (Wildman–Crippen LogP) is 0.0553. The summed E-state index contributed by atoms with van der Waals surface area (Å²) < 4.78 is 31.7. The van der Waals surface area contributed by atoms with Crippen molar-refractivity contribution in [3.63, 3.8) is 0 Å². The molecule has 1 aliphatic rings. The fraction of sp³-hybridized carbons (Fsp3) is 0.833. The Bertz CT molecular complexity index is 478. The van der Waals surface area contributed by atoms with Crippen molar-refractivity contribution in [1.29, 1.82) is 0 Å². The Kier molecular flexibility index (Phi) is 6.56. The second-order valence-electron chi connectivity index (χ2n) is 4.88. The standard InChI is InChI=1S/C12H22N2O6S/c1-3-7-13(9-11(15)20-2)21(18,19)14-8-5-4-6-10(14)12(16)17/h10H,3-9H2,1-2H3,(H,16,17). The van der Waals surface area contributed by atoms with Gasteiger partial charge in [0.15, 0.2) is 0 Å². The number of piperidine rings is 1. The molecule has 1 unspecified atom stereocenters. The number of aliphatic carboxylic acids is 1. The van der Waals surface area contributed by atoms with E-state index >= 15 is 0 Å². The number of nitrogens with zero attached hydrogens (tertiary/aromatic N) is 2. The Morgan fingerprint density at radius 1 is 1.38 bits per heavy atom. The first-order valence-corrected chi connectivity index (χ1v) is 8.30. The van der Waals surface area contributed by atoms with Gasteiger partial charge in [-0.3, -0.25) is 9.59 Å². The Labute approximate surface area is 124 Å². The van der Waals surface area contributed by atoms with Crippen LogP contribution in [0.15, 0.2) is 0 Å². The molecule has 0 aliphatic carbocycles. The van der Waals surface area contributed by atoms with Crippen LogP contribution in [0.2, 0.25) is 0 Å². The van der Waals surface area contributed by atoms with E-state index in [1.54, 1.807) is 6.92 Å². The molecular formula is C12H22N2O6S. The molecule has 0 radical (unpaired) electrons. The minimum Gasteiger partial charge on any atom is -0.480 e. The molecule has 0 spiro atoms. The topological polar surface area (TPSA) is 104 Å². The zero-order chi connectivity index (χ0) is 16.0. The van der Waals surface area contributed by atoms with Gasteiger partial charge in [0.25, 0.3) is 10.2 Å². The minimum absolute atomic E-state index is 0.139. The highest BCUT2D eigenvalue weighted by Crippen LogP contribution is 2.23. The molecule has 0 aromatic rings. The zero-order valence-electron chi connectivity index (χ0n) is 12.3. The Morgan fingerprint density at radius 2 is 2.05 bits per heavy atom. The molecule has 0 aromatic heterocycles. The lowest BCUT2D eigenvalue weighted by atomic mass is 10.1. The van der Waals surface area contributed by atoms with Crippen molar-refractivity contribution in [3.8, 4) is 0 Å². The van der Waals surface area contributed by atoms with Gasteiger partial charge in [0.05, 0.1) is 7.11 Å². The summed E-state index contributed by atoms with van der Waals surface area (Å²) in [6.07, 6.45) is 2.09. The van der Waals surface area contributed by atoms with Crippen molar-refractivity contribution in [2.45, 2.75) is 38.6 Å². The van der Waals surface area contributed by atoms with Crippen molar-refractivity contribution in [1.82, 2.24) is 8.61 Å². The molecule has 0 saturated carbocycles. The molecule has 1 heterocycles. The first-order valence-electron chi connectivity index (χ1n) is 6.91. The number of carbonyl (C=O) groups is 2. The third kappa shape index (κ3) is 4.39. The van der Waals surface area contributed by atoms with Crippen molar-refractivity contribution in [2.75, 3.05) is 26.7 Å². The van der Waals surface area contributed by atoms with Gasteiger partial charge < -0.3 is 9.84 Å². The molecule has 1 aliphatic heterocycles. The Balaban J connectivity index is 3.02. The van der Waals surface area contributed by atoms with Crippen LogP contribution in [-0.4, -0.2) is 66.9 Å². The molecule has 9 heteroatoms. The maximum absolute atomic E-state index is 12.6. The SMILES string of the molecule is CCCN(CC(=O)OC)S(=O)(=O)N1CCCCC1C(=O)O. The highest BCUT2D eigenvalue weighted by Gasteiger charge is 2.40. The number of esters is 1. The van der Waals surface area contributed by atoms with Crippen LogP contribution in [0.4, 0.5) is 0 Å². The third-order valence-electron chi connectivity index (χ3n) is 3.37. The second kappa shape index (κ2) is 7.71. The zero-order valence-corrected chi connectivity index (χ0v) is 13.1. The normalized spacial score (nSPS) is 20.4. The first kappa shape index (κ1) is 17.9. The van der Waals surface area contributed by atoms with Crippen molar-refractivity contribution >= 4 is 22.1 Å². The van der Waals surface area contributed by atoms with E-state index in [2.05, 4.69) is 4.74 Å². The summed E-state index contributed by atoms with van der Waals surface area (Å²) in [5.74, 6) is -1.83. The number of methoxy groups -OCH3 is 1. The average molecular weight is 322 g/mol. The minimum atomic E-state index is -4.00. The van der Waals surface area contributed by atoms with Crippen LogP contribution in [0.1, 0.15) is 32.6 Å². The number of ether oxygens (including phenoxy) is 1. The summed E-state index contributed by atoms with van der Waals surface area (Å²) in [6.45, 7) is 1.67. The largest absolute Gasteiger partial charge is 0.480 e. The predicted molar refractivity (Wildman–Crippen MR) is 74.8 cm³/mol. The maximum atomic E-state index is 12.6. The van der Waals surface area contributed by atoms with Crippen LogP contribution in [0, 0.1) is 0 Å². The molecule has 8 nitrogen and oxygen atoms in total. The lowest BCUT2D eigenvalue weighted by Crippen LogP contribution is -2.54. The molecule has 21 heavy (non-hydrogen) atoms. The number of hydrogen-bond donors (Lipinski definition) is 1. The molecule has 1 N–H and O–H groups in total. The summed E-state index contributed by atoms with van der Waals surface area (Å²) in [5.41, 5.74) is 0. The number of rotatable bonds is 7.